The van der Waals surface area contributed by atoms with Crippen molar-refractivity contribution in [3.63, 3.8) is 0 Å². The second-order valence-electron chi connectivity index (χ2n) is 13.7. The summed E-state index contributed by atoms with van der Waals surface area (Å²) in [7, 11) is 0. The molecule has 0 saturated heterocycles. The summed E-state index contributed by atoms with van der Waals surface area (Å²) in [6, 6.07) is 49.7. The number of hydrogen-bond donors (Lipinski definition) is 1. The molecule has 9 heteroatoms. The minimum Gasteiger partial charge on any atom is -0.357 e. The molecule has 0 amide bonds. The van der Waals surface area contributed by atoms with Crippen LogP contribution in [0, 0.1) is 20.8 Å². The highest BCUT2D eigenvalue weighted by Gasteiger charge is 2.35. The van der Waals surface area contributed by atoms with Crippen LogP contribution in [0.4, 0.5) is 17.1 Å². The Balaban J connectivity index is 1.28. The van der Waals surface area contributed by atoms with Gasteiger partial charge in [0.1, 0.15) is 0 Å². The Morgan fingerprint density at radius 1 is 0.426 bits per heavy atom. The number of rotatable bonds is 6. The summed E-state index contributed by atoms with van der Waals surface area (Å²) in [5.74, 6) is 2.67. The molecule has 1 unspecified atom stereocenters. The minimum absolute atomic E-state index is 0.445. The average molecular weight is 702 g/mol. The van der Waals surface area contributed by atoms with Gasteiger partial charge < -0.3 is 10.2 Å². The van der Waals surface area contributed by atoms with Gasteiger partial charge in [-0.1, -0.05) is 91.0 Å². The van der Waals surface area contributed by atoms with E-state index in [0.29, 0.717) is 29.1 Å². The summed E-state index contributed by atoms with van der Waals surface area (Å²) in [5.41, 5.74) is 12.1. The molecule has 1 aliphatic heterocycles. The van der Waals surface area contributed by atoms with Crippen LogP contribution in [0.15, 0.2) is 146 Å². The highest BCUT2D eigenvalue weighted by Crippen LogP contribution is 2.46. The number of nitrogens with one attached hydrogen (secondary N) is 1. The molecular formula is C45H35N9. The van der Waals surface area contributed by atoms with Gasteiger partial charge in [-0.2, -0.15) is 0 Å². The first kappa shape index (κ1) is 31.6. The molecule has 1 N–H and O–H groups in total. The first-order valence-corrected chi connectivity index (χ1v) is 18.1. The number of imidazole rings is 2. The van der Waals surface area contributed by atoms with Crippen molar-refractivity contribution < 1.29 is 0 Å². The minimum atomic E-state index is -0.462. The van der Waals surface area contributed by atoms with E-state index in [9.17, 15) is 0 Å². The van der Waals surface area contributed by atoms with Crippen molar-refractivity contribution in [1.82, 2.24) is 34.1 Å². The van der Waals surface area contributed by atoms with Gasteiger partial charge in [-0.25, -0.2) is 24.9 Å². The lowest BCUT2D eigenvalue weighted by atomic mass is 10.1. The maximum absolute atomic E-state index is 5.34. The van der Waals surface area contributed by atoms with Crippen molar-refractivity contribution in [3.05, 3.63) is 168 Å². The van der Waals surface area contributed by atoms with Gasteiger partial charge in [-0.15, -0.1) is 0 Å². The standard InChI is InChI=1S/C45H35N9/c1-28-16-4-10-22-34(28)52-37-25-13-7-19-31(37)46-43(52)40-49-41(44-47-32-20-8-14-26-38(32)53(44)35-23-11-5-17-29(35)2)51-42(50-40)45-48-33-21-9-15-27-39(33)54(45)36-24-12-6-18-30(36)3/h4-27,43,46H,1-3H3. The van der Waals surface area contributed by atoms with Gasteiger partial charge in [-0.3, -0.25) is 9.13 Å². The van der Waals surface area contributed by atoms with Crippen LogP contribution in [-0.4, -0.2) is 34.1 Å². The molecule has 4 heterocycles. The van der Waals surface area contributed by atoms with Crippen LogP contribution in [0.1, 0.15) is 28.7 Å². The third-order valence-corrected chi connectivity index (χ3v) is 10.2. The predicted molar refractivity (Wildman–Crippen MR) is 216 cm³/mol. The van der Waals surface area contributed by atoms with E-state index in [0.717, 1.165) is 67.2 Å². The fraction of sp³-hybridized carbons (Fsp3) is 0.0889. The van der Waals surface area contributed by atoms with Crippen LogP contribution in [0.3, 0.4) is 0 Å². The molecule has 0 radical (unpaired) electrons. The van der Waals surface area contributed by atoms with Crippen LogP contribution >= 0.6 is 0 Å². The Morgan fingerprint density at radius 3 is 1.37 bits per heavy atom. The number of nitrogens with zero attached hydrogens (tertiary/aromatic N) is 8. The normalized spacial score (nSPS) is 13.8. The zero-order valence-corrected chi connectivity index (χ0v) is 30.0. The van der Waals surface area contributed by atoms with E-state index in [1.807, 2.05) is 42.5 Å². The monoisotopic (exact) mass is 701 g/mol. The van der Waals surface area contributed by atoms with Crippen molar-refractivity contribution in [2.24, 2.45) is 0 Å². The molecule has 10 rings (SSSR count). The number of para-hydroxylation sites is 9. The largest absolute Gasteiger partial charge is 0.357 e. The molecule has 54 heavy (non-hydrogen) atoms. The van der Waals surface area contributed by atoms with Crippen molar-refractivity contribution in [2.45, 2.75) is 26.9 Å². The van der Waals surface area contributed by atoms with E-state index in [1.54, 1.807) is 0 Å². The average Bonchev–Trinajstić information content (AvgIpc) is 3.91. The molecular weight excluding hydrogens is 667 g/mol. The fourth-order valence-corrected chi connectivity index (χ4v) is 7.62. The molecule has 0 spiro atoms. The van der Waals surface area contributed by atoms with Crippen LogP contribution in [0.25, 0.3) is 56.7 Å². The Labute approximate surface area is 312 Å². The Morgan fingerprint density at radius 2 is 0.852 bits per heavy atom. The van der Waals surface area contributed by atoms with Gasteiger partial charge in [0.05, 0.1) is 44.8 Å². The van der Waals surface area contributed by atoms with Crippen LogP contribution in [-0.2, 0) is 0 Å². The highest BCUT2D eigenvalue weighted by molar-refractivity contribution is 5.86. The van der Waals surface area contributed by atoms with Gasteiger partial charge in [0.2, 0.25) is 0 Å². The Bertz CT molecular complexity index is 2740. The lowest BCUT2D eigenvalue weighted by Gasteiger charge is -2.27. The molecule has 6 aromatic carbocycles. The molecule has 1 atom stereocenters. The third-order valence-electron chi connectivity index (χ3n) is 10.2. The number of fused-ring (bicyclic) bond motifs is 3. The van der Waals surface area contributed by atoms with E-state index in [4.69, 9.17) is 24.9 Å². The van der Waals surface area contributed by atoms with Gasteiger partial charge in [0, 0.05) is 5.69 Å². The van der Waals surface area contributed by atoms with Crippen LogP contribution in [0.5, 0.6) is 0 Å². The van der Waals surface area contributed by atoms with Crippen molar-refractivity contribution in [3.8, 4) is 34.7 Å². The molecule has 0 fully saturated rings. The summed E-state index contributed by atoms with van der Waals surface area (Å²) in [4.78, 5) is 28.7. The lowest BCUT2D eigenvalue weighted by Crippen LogP contribution is -2.27. The van der Waals surface area contributed by atoms with E-state index < -0.39 is 6.17 Å². The molecule has 3 aromatic heterocycles. The molecule has 0 saturated carbocycles. The zero-order valence-electron chi connectivity index (χ0n) is 30.0. The summed E-state index contributed by atoms with van der Waals surface area (Å²) in [5, 5.41) is 3.77. The second kappa shape index (κ2) is 12.5. The second-order valence-corrected chi connectivity index (χ2v) is 13.7. The molecule has 9 aromatic rings. The predicted octanol–water partition coefficient (Wildman–Crippen LogP) is 10.1. The highest BCUT2D eigenvalue weighted by atomic mass is 15.4. The zero-order chi connectivity index (χ0) is 36.3. The topological polar surface area (TPSA) is 89.6 Å². The molecule has 9 nitrogen and oxygen atoms in total. The van der Waals surface area contributed by atoms with E-state index in [1.165, 1.54) is 0 Å². The van der Waals surface area contributed by atoms with Crippen molar-refractivity contribution in [2.75, 3.05) is 10.2 Å². The van der Waals surface area contributed by atoms with E-state index in [2.05, 4.69) is 143 Å². The fourth-order valence-electron chi connectivity index (χ4n) is 7.62. The first-order valence-electron chi connectivity index (χ1n) is 18.1. The summed E-state index contributed by atoms with van der Waals surface area (Å²) >= 11 is 0. The summed E-state index contributed by atoms with van der Waals surface area (Å²) in [6.45, 7) is 6.36. The molecule has 260 valence electrons. The Kier molecular flexibility index (Phi) is 7.33. The van der Waals surface area contributed by atoms with Gasteiger partial charge in [0.15, 0.2) is 35.3 Å². The number of benzene rings is 6. The summed E-state index contributed by atoms with van der Waals surface area (Å²) < 4.78 is 4.32. The van der Waals surface area contributed by atoms with Crippen molar-refractivity contribution >= 4 is 39.1 Å². The number of hydrogen-bond acceptors (Lipinski definition) is 7. The maximum atomic E-state index is 5.34. The van der Waals surface area contributed by atoms with Gasteiger partial charge in [-0.05, 0) is 92.1 Å². The number of aryl methyl sites for hydroxylation is 3. The van der Waals surface area contributed by atoms with Crippen LogP contribution < -0.4 is 10.2 Å². The quantitative estimate of drug-likeness (QED) is 0.185. The molecule has 0 aliphatic carbocycles. The van der Waals surface area contributed by atoms with E-state index >= 15 is 0 Å². The lowest BCUT2D eigenvalue weighted by molar-refractivity contribution is 0.739. The maximum Gasteiger partial charge on any atom is 0.200 e. The van der Waals surface area contributed by atoms with Crippen molar-refractivity contribution in [1.29, 1.82) is 0 Å². The first-order chi connectivity index (χ1) is 26.5. The van der Waals surface area contributed by atoms with E-state index in [-0.39, 0.29) is 0 Å². The van der Waals surface area contributed by atoms with Crippen LogP contribution in [0.2, 0.25) is 0 Å². The number of aromatic nitrogens is 7. The van der Waals surface area contributed by atoms with Gasteiger partial charge >= 0.3 is 0 Å². The Hall–Kier alpha value is -7.13. The summed E-state index contributed by atoms with van der Waals surface area (Å²) in [6.07, 6.45) is -0.462. The smallest absolute Gasteiger partial charge is 0.200 e. The molecule has 0 bridgehead atoms. The van der Waals surface area contributed by atoms with Gasteiger partial charge in [0.25, 0.3) is 0 Å². The third kappa shape index (κ3) is 5.04. The number of anilines is 3. The SMILES string of the molecule is Cc1ccccc1N1c2ccccc2NC1c1nc(-c2nc3ccccc3n2-c2ccccc2C)nc(-c2nc3ccccc3n2-c2ccccc2C)n1. The molecule has 1 aliphatic rings.